The zero-order chi connectivity index (χ0) is 23.5. The van der Waals surface area contributed by atoms with Gasteiger partial charge in [0.1, 0.15) is 5.82 Å². The van der Waals surface area contributed by atoms with E-state index in [2.05, 4.69) is 30.6 Å². The highest BCUT2D eigenvalue weighted by Crippen LogP contribution is 2.30. The number of rotatable bonds is 6. The van der Waals surface area contributed by atoms with Crippen molar-refractivity contribution in [1.82, 2.24) is 19.9 Å². The molecule has 0 aliphatic carbocycles. The van der Waals surface area contributed by atoms with Gasteiger partial charge in [0.2, 0.25) is 0 Å². The third-order valence-electron chi connectivity index (χ3n) is 5.41. The van der Waals surface area contributed by atoms with Gasteiger partial charge in [0.15, 0.2) is 5.75 Å². The fourth-order valence-corrected chi connectivity index (χ4v) is 3.67. The van der Waals surface area contributed by atoms with Crippen LogP contribution in [-0.2, 0) is 0 Å². The predicted octanol–water partition coefficient (Wildman–Crippen LogP) is 4.82. The number of fused-ring (bicyclic) bond motifs is 1. The summed E-state index contributed by atoms with van der Waals surface area (Å²) in [5.74, 6) is 1.09. The Morgan fingerprint density at radius 3 is 2.58 bits per heavy atom. The molecule has 0 saturated carbocycles. The van der Waals surface area contributed by atoms with E-state index in [0.717, 1.165) is 39.2 Å². The molecular formula is C25H26N6O2. The lowest BCUT2D eigenvalue weighted by molar-refractivity contribution is 0.102. The predicted molar refractivity (Wildman–Crippen MR) is 130 cm³/mol. The minimum absolute atomic E-state index is 0.124. The van der Waals surface area contributed by atoms with E-state index < -0.39 is 0 Å². The molecule has 0 saturated heterocycles. The summed E-state index contributed by atoms with van der Waals surface area (Å²) >= 11 is 0. The number of aromatic nitrogens is 4. The maximum absolute atomic E-state index is 13.1. The molecule has 8 nitrogen and oxygen atoms in total. The molecule has 2 N–H and O–H groups in total. The lowest BCUT2D eigenvalue weighted by Crippen LogP contribution is -2.15. The second-order valence-corrected chi connectivity index (χ2v) is 7.98. The van der Waals surface area contributed by atoms with E-state index >= 15 is 0 Å². The van der Waals surface area contributed by atoms with Crippen molar-refractivity contribution < 1.29 is 9.53 Å². The highest BCUT2D eigenvalue weighted by molar-refractivity contribution is 6.06. The average Bonchev–Trinajstić information content (AvgIpc) is 2.83. The quantitative estimate of drug-likeness (QED) is 0.441. The van der Waals surface area contributed by atoms with Crippen LogP contribution in [0.15, 0.2) is 49.1 Å². The Morgan fingerprint density at radius 2 is 1.85 bits per heavy atom. The summed E-state index contributed by atoms with van der Waals surface area (Å²) in [6.45, 7) is 5.94. The highest BCUT2D eigenvalue weighted by Gasteiger charge is 2.19. The van der Waals surface area contributed by atoms with Crippen molar-refractivity contribution in [2.24, 2.45) is 0 Å². The Hall–Kier alpha value is -4.07. The van der Waals surface area contributed by atoms with Crippen LogP contribution in [0.25, 0.3) is 22.0 Å². The van der Waals surface area contributed by atoms with E-state index in [1.165, 1.54) is 0 Å². The number of carbonyl (C=O) groups is 1. The van der Waals surface area contributed by atoms with Crippen LogP contribution in [0.2, 0.25) is 0 Å². The first-order valence-corrected chi connectivity index (χ1v) is 10.7. The number of aryl methyl sites for hydroxylation is 1. The Balaban J connectivity index is 1.67. The molecule has 4 aromatic heterocycles. The second-order valence-electron chi connectivity index (χ2n) is 7.98. The van der Waals surface area contributed by atoms with Crippen LogP contribution >= 0.6 is 0 Å². The molecule has 4 aromatic rings. The number of amides is 1. The van der Waals surface area contributed by atoms with Crippen LogP contribution in [0.3, 0.4) is 0 Å². The van der Waals surface area contributed by atoms with Crippen molar-refractivity contribution in [3.05, 3.63) is 66.0 Å². The number of nitrogens with zero attached hydrogens (tertiary/aromatic N) is 4. The van der Waals surface area contributed by atoms with Gasteiger partial charge < -0.3 is 15.4 Å². The smallest absolute Gasteiger partial charge is 0.259 e. The molecule has 168 valence electrons. The number of methoxy groups -OCH3 is 1. The summed E-state index contributed by atoms with van der Waals surface area (Å²) in [6, 6.07) is 7.47. The molecule has 33 heavy (non-hydrogen) atoms. The van der Waals surface area contributed by atoms with E-state index in [-0.39, 0.29) is 11.8 Å². The number of hydrogen-bond acceptors (Lipinski definition) is 7. The minimum atomic E-state index is -0.284. The first-order valence-electron chi connectivity index (χ1n) is 10.7. The lowest BCUT2D eigenvalue weighted by atomic mass is 10.0. The summed E-state index contributed by atoms with van der Waals surface area (Å²) in [5.41, 5.74) is 5.20. The first-order chi connectivity index (χ1) is 15.9. The molecular weight excluding hydrogens is 416 g/mol. The SMILES string of the molecule is CNc1cc2ncc(-c3cc(NC(=O)c4ccnc(C(C)C)c4OC)cnc3C)cc2cn1. The Labute approximate surface area is 192 Å². The van der Waals surface area contributed by atoms with Gasteiger partial charge in [0.05, 0.1) is 35.8 Å². The summed E-state index contributed by atoms with van der Waals surface area (Å²) in [5, 5.41) is 6.88. The Kier molecular flexibility index (Phi) is 6.17. The van der Waals surface area contributed by atoms with Crippen molar-refractivity contribution in [1.29, 1.82) is 0 Å². The first kappa shape index (κ1) is 22.1. The Bertz CT molecular complexity index is 1340. The summed E-state index contributed by atoms with van der Waals surface area (Å²) < 4.78 is 5.51. The van der Waals surface area contributed by atoms with Gasteiger partial charge in [-0.25, -0.2) is 4.98 Å². The number of nitrogens with one attached hydrogen (secondary N) is 2. The number of hydrogen-bond donors (Lipinski definition) is 2. The molecule has 0 aliphatic rings. The molecule has 0 bridgehead atoms. The summed E-state index contributed by atoms with van der Waals surface area (Å²) in [6.07, 6.45) is 6.86. The van der Waals surface area contributed by atoms with Crippen LogP contribution in [0, 0.1) is 6.92 Å². The van der Waals surface area contributed by atoms with E-state index in [1.807, 2.05) is 46.0 Å². The van der Waals surface area contributed by atoms with Crippen LogP contribution in [0.5, 0.6) is 5.75 Å². The molecule has 0 aliphatic heterocycles. The van der Waals surface area contributed by atoms with Crippen LogP contribution in [-0.4, -0.2) is 40.0 Å². The molecule has 8 heteroatoms. The molecule has 0 atom stereocenters. The molecule has 0 radical (unpaired) electrons. The van der Waals surface area contributed by atoms with Crippen LogP contribution < -0.4 is 15.4 Å². The van der Waals surface area contributed by atoms with Gasteiger partial charge >= 0.3 is 0 Å². The zero-order valence-electron chi connectivity index (χ0n) is 19.3. The van der Waals surface area contributed by atoms with E-state index in [0.29, 0.717) is 17.0 Å². The van der Waals surface area contributed by atoms with Gasteiger partial charge in [-0.2, -0.15) is 0 Å². The van der Waals surface area contributed by atoms with Gasteiger partial charge in [-0.1, -0.05) is 13.8 Å². The van der Waals surface area contributed by atoms with E-state index in [4.69, 9.17) is 4.74 Å². The normalized spacial score (nSPS) is 11.0. The lowest BCUT2D eigenvalue weighted by Gasteiger charge is -2.15. The van der Waals surface area contributed by atoms with Crippen LogP contribution in [0.1, 0.15) is 41.5 Å². The molecule has 1 amide bonds. The van der Waals surface area contributed by atoms with Gasteiger partial charge in [0, 0.05) is 53.9 Å². The van der Waals surface area contributed by atoms with Gasteiger partial charge in [0.25, 0.3) is 5.91 Å². The second kappa shape index (κ2) is 9.20. The highest BCUT2D eigenvalue weighted by atomic mass is 16.5. The van der Waals surface area contributed by atoms with Gasteiger partial charge in [-0.15, -0.1) is 0 Å². The fraction of sp³-hybridized carbons (Fsp3) is 0.240. The molecule has 4 heterocycles. The van der Waals surface area contributed by atoms with Crippen molar-refractivity contribution in [2.75, 3.05) is 24.8 Å². The molecule has 4 rings (SSSR count). The fourth-order valence-electron chi connectivity index (χ4n) is 3.67. The molecule has 0 unspecified atom stereocenters. The topological polar surface area (TPSA) is 102 Å². The van der Waals surface area contributed by atoms with E-state index in [1.54, 1.807) is 38.0 Å². The minimum Gasteiger partial charge on any atom is -0.494 e. The van der Waals surface area contributed by atoms with E-state index in [9.17, 15) is 4.79 Å². The third-order valence-corrected chi connectivity index (χ3v) is 5.41. The number of anilines is 2. The maximum Gasteiger partial charge on any atom is 0.259 e. The largest absolute Gasteiger partial charge is 0.494 e. The maximum atomic E-state index is 13.1. The number of carbonyl (C=O) groups excluding carboxylic acids is 1. The zero-order valence-corrected chi connectivity index (χ0v) is 19.3. The van der Waals surface area contributed by atoms with Crippen molar-refractivity contribution in [2.45, 2.75) is 26.7 Å². The molecule has 0 aromatic carbocycles. The monoisotopic (exact) mass is 442 g/mol. The standard InChI is InChI=1S/C25H26N6O2/c1-14(2)23-24(33-5)19(6-7-27-23)25(32)31-18-9-20(15(3)28-13-18)16-8-17-12-30-22(26-4)10-21(17)29-11-16/h6-14H,1-5H3,(H,26,30)(H,31,32). The molecule has 0 spiro atoms. The number of ether oxygens (including phenoxy) is 1. The third kappa shape index (κ3) is 4.45. The van der Waals surface area contributed by atoms with Gasteiger partial charge in [-0.3, -0.25) is 19.7 Å². The van der Waals surface area contributed by atoms with Crippen LogP contribution in [0.4, 0.5) is 11.5 Å². The summed E-state index contributed by atoms with van der Waals surface area (Å²) in [4.78, 5) is 30.9. The Morgan fingerprint density at radius 1 is 1.03 bits per heavy atom. The number of pyridine rings is 4. The average molecular weight is 443 g/mol. The van der Waals surface area contributed by atoms with Crippen molar-refractivity contribution in [3.63, 3.8) is 0 Å². The van der Waals surface area contributed by atoms with Crippen molar-refractivity contribution in [3.8, 4) is 16.9 Å². The summed E-state index contributed by atoms with van der Waals surface area (Å²) in [7, 11) is 3.37. The molecule has 0 fully saturated rings. The van der Waals surface area contributed by atoms with Crippen molar-refractivity contribution >= 4 is 28.3 Å². The van der Waals surface area contributed by atoms with Gasteiger partial charge in [-0.05, 0) is 31.0 Å².